The van der Waals surface area contributed by atoms with Crippen molar-refractivity contribution in [1.29, 1.82) is 0 Å². The molecule has 26 heavy (non-hydrogen) atoms. The predicted octanol–water partition coefficient (Wildman–Crippen LogP) is 1.14. The van der Waals surface area contributed by atoms with Crippen molar-refractivity contribution in [3.05, 3.63) is 69.0 Å². The van der Waals surface area contributed by atoms with Crippen LogP contribution in [-0.4, -0.2) is 34.2 Å². The van der Waals surface area contributed by atoms with E-state index in [0.717, 1.165) is 18.4 Å². The van der Waals surface area contributed by atoms with Crippen molar-refractivity contribution in [3.8, 4) is 0 Å². The second kappa shape index (κ2) is 6.19. The molecule has 1 unspecified atom stereocenters. The van der Waals surface area contributed by atoms with E-state index in [0.29, 0.717) is 12.1 Å². The zero-order chi connectivity index (χ0) is 18.3. The minimum atomic E-state index is -3.75. The van der Waals surface area contributed by atoms with Gasteiger partial charge in [0.2, 0.25) is 10.0 Å². The summed E-state index contributed by atoms with van der Waals surface area (Å²) >= 11 is 0. The van der Waals surface area contributed by atoms with Crippen LogP contribution < -0.4 is 11.1 Å². The molecule has 0 amide bonds. The van der Waals surface area contributed by atoms with E-state index >= 15 is 0 Å². The van der Waals surface area contributed by atoms with Crippen LogP contribution >= 0.6 is 0 Å². The van der Waals surface area contributed by atoms with Gasteiger partial charge in [0.15, 0.2) is 0 Å². The number of aromatic amines is 2. The van der Waals surface area contributed by atoms with Crippen LogP contribution in [0.4, 0.5) is 0 Å². The molecule has 9 heteroatoms. The van der Waals surface area contributed by atoms with Gasteiger partial charge in [0.05, 0.1) is 22.0 Å². The van der Waals surface area contributed by atoms with Crippen molar-refractivity contribution in [3.63, 3.8) is 0 Å². The molecule has 0 bridgehead atoms. The van der Waals surface area contributed by atoms with E-state index in [4.69, 9.17) is 0 Å². The van der Waals surface area contributed by atoms with Crippen molar-refractivity contribution in [2.24, 2.45) is 0 Å². The number of hydrogen-bond donors (Lipinski definition) is 2. The average molecular weight is 372 g/mol. The summed E-state index contributed by atoms with van der Waals surface area (Å²) in [5.41, 5.74) is -0.0381. The molecule has 0 saturated carbocycles. The summed E-state index contributed by atoms with van der Waals surface area (Å²) in [6.45, 7) is 0.426. The van der Waals surface area contributed by atoms with Gasteiger partial charge in [0.25, 0.3) is 0 Å². The molecule has 1 aliphatic heterocycles. The van der Waals surface area contributed by atoms with Crippen molar-refractivity contribution in [1.82, 2.24) is 19.3 Å². The van der Waals surface area contributed by atoms with E-state index < -0.39 is 21.1 Å². The lowest BCUT2D eigenvalue weighted by Crippen LogP contribution is -2.31. The Hall–Kier alpha value is -2.78. The average Bonchev–Trinajstić information content (AvgIpc) is 3.14. The molecule has 134 valence electrons. The standard InChI is InChI=1S/C17H16N4O4S/c22-16-17(23)20-14-10-12(3-4-13(14)19-16)26(24,25)21-9-1-2-15(21)11-5-7-18-8-6-11/h3-8,10,15H,1-2,9H2,(H,19,22)(H,20,23). The maximum absolute atomic E-state index is 13.2. The molecule has 3 heterocycles. The SMILES string of the molecule is O=c1[nH]c2ccc(S(=O)(=O)N3CCCC3c3ccncc3)cc2[nH]c1=O. The molecule has 0 spiro atoms. The number of aromatic nitrogens is 3. The van der Waals surface area contributed by atoms with E-state index in [-0.39, 0.29) is 16.5 Å². The summed E-state index contributed by atoms with van der Waals surface area (Å²) in [5.74, 6) is 0. The number of nitrogens with one attached hydrogen (secondary N) is 2. The number of sulfonamides is 1. The highest BCUT2D eigenvalue weighted by Gasteiger charge is 2.36. The Morgan fingerprint density at radius 1 is 1.00 bits per heavy atom. The maximum atomic E-state index is 13.2. The molecule has 3 aromatic rings. The van der Waals surface area contributed by atoms with Crippen molar-refractivity contribution in [2.45, 2.75) is 23.8 Å². The minimum absolute atomic E-state index is 0.0775. The highest BCUT2D eigenvalue weighted by molar-refractivity contribution is 7.89. The van der Waals surface area contributed by atoms with Crippen LogP contribution in [0.3, 0.4) is 0 Å². The van der Waals surface area contributed by atoms with Crippen LogP contribution in [0.15, 0.2) is 57.2 Å². The van der Waals surface area contributed by atoms with Gasteiger partial charge in [-0.25, -0.2) is 8.42 Å². The number of hydrogen-bond acceptors (Lipinski definition) is 5. The fourth-order valence-corrected chi connectivity index (χ4v) is 5.05. The summed E-state index contributed by atoms with van der Waals surface area (Å²) in [5, 5.41) is 0. The molecule has 1 saturated heterocycles. The first-order chi connectivity index (χ1) is 12.5. The Balaban J connectivity index is 1.78. The predicted molar refractivity (Wildman–Crippen MR) is 95.3 cm³/mol. The van der Waals surface area contributed by atoms with Gasteiger partial charge in [0.1, 0.15) is 0 Å². The molecule has 4 rings (SSSR count). The second-order valence-electron chi connectivity index (χ2n) is 6.17. The van der Waals surface area contributed by atoms with Crippen LogP contribution in [-0.2, 0) is 10.0 Å². The van der Waals surface area contributed by atoms with Gasteiger partial charge in [-0.1, -0.05) is 0 Å². The number of pyridine rings is 1. The third kappa shape index (κ3) is 2.74. The molecule has 8 nitrogen and oxygen atoms in total. The molecule has 1 aliphatic rings. The fraction of sp³-hybridized carbons (Fsp3) is 0.235. The van der Waals surface area contributed by atoms with Gasteiger partial charge in [-0.05, 0) is 48.7 Å². The number of H-pyrrole nitrogens is 2. The molecule has 1 fully saturated rings. The monoisotopic (exact) mass is 372 g/mol. The van der Waals surface area contributed by atoms with Crippen LogP contribution in [0.1, 0.15) is 24.4 Å². The van der Waals surface area contributed by atoms with Gasteiger partial charge < -0.3 is 9.97 Å². The maximum Gasteiger partial charge on any atom is 0.314 e. The zero-order valence-corrected chi connectivity index (χ0v) is 14.5. The highest BCUT2D eigenvalue weighted by atomic mass is 32.2. The fourth-order valence-electron chi connectivity index (χ4n) is 3.34. The van der Waals surface area contributed by atoms with E-state index in [2.05, 4.69) is 15.0 Å². The summed E-state index contributed by atoms with van der Waals surface area (Å²) in [4.78, 5) is 31.8. The topological polar surface area (TPSA) is 116 Å². The van der Waals surface area contributed by atoms with Gasteiger partial charge in [-0.15, -0.1) is 0 Å². The van der Waals surface area contributed by atoms with Crippen LogP contribution in [0, 0.1) is 0 Å². The molecule has 2 N–H and O–H groups in total. The first-order valence-electron chi connectivity index (χ1n) is 8.15. The van der Waals surface area contributed by atoms with Crippen molar-refractivity contribution in [2.75, 3.05) is 6.54 Å². The molecule has 0 aliphatic carbocycles. The van der Waals surface area contributed by atoms with Gasteiger partial charge in [0, 0.05) is 18.9 Å². The Bertz CT molecular complexity index is 1180. The molecule has 1 aromatic carbocycles. The van der Waals surface area contributed by atoms with Gasteiger partial charge in [-0.2, -0.15) is 4.31 Å². The van der Waals surface area contributed by atoms with Crippen molar-refractivity contribution < 1.29 is 8.42 Å². The molecule has 0 radical (unpaired) electrons. The van der Waals surface area contributed by atoms with E-state index in [1.54, 1.807) is 12.4 Å². The largest absolute Gasteiger partial charge is 0.316 e. The second-order valence-corrected chi connectivity index (χ2v) is 8.06. The van der Waals surface area contributed by atoms with Gasteiger partial charge in [-0.3, -0.25) is 14.6 Å². The van der Waals surface area contributed by atoms with Crippen molar-refractivity contribution >= 4 is 21.1 Å². The first kappa shape index (κ1) is 16.7. The quantitative estimate of drug-likeness (QED) is 0.669. The molecular weight excluding hydrogens is 356 g/mol. The smallest absolute Gasteiger partial charge is 0.314 e. The Morgan fingerprint density at radius 2 is 1.69 bits per heavy atom. The number of rotatable bonds is 3. The zero-order valence-electron chi connectivity index (χ0n) is 13.7. The first-order valence-corrected chi connectivity index (χ1v) is 9.59. The van der Waals surface area contributed by atoms with E-state index in [1.165, 1.54) is 22.5 Å². The minimum Gasteiger partial charge on any atom is -0.316 e. The summed E-state index contributed by atoms with van der Waals surface area (Å²) in [6, 6.07) is 7.70. The van der Waals surface area contributed by atoms with Crippen LogP contribution in [0.5, 0.6) is 0 Å². The summed E-state index contributed by atoms with van der Waals surface area (Å²) in [6.07, 6.45) is 4.80. The summed E-state index contributed by atoms with van der Waals surface area (Å²) < 4.78 is 27.8. The Morgan fingerprint density at radius 3 is 2.42 bits per heavy atom. The van der Waals surface area contributed by atoms with Crippen LogP contribution in [0.2, 0.25) is 0 Å². The van der Waals surface area contributed by atoms with E-state index in [1.807, 2.05) is 12.1 Å². The van der Waals surface area contributed by atoms with E-state index in [9.17, 15) is 18.0 Å². The highest BCUT2D eigenvalue weighted by Crippen LogP contribution is 2.36. The third-order valence-electron chi connectivity index (χ3n) is 4.59. The molecule has 2 aromatic heterocycles. The third-order valence-corrected chi connectivity index (χ3v) is 6.50. The lowest BCUT2D eigenvalue weighted by atomic mass is 10.1. The Labute approximate surface area is 148 Å². The van der Waals surface area contributed by atoms with Crippen LogP contribution in [0.25, 0.3) is 11.0 Å². The number of benzene rings is 1. The summed E-state index contributed by atoms with van der Waals surface area (Å²) in [7, 11) is -3.75. The lowest BCUT2D eigenvalue weighted by Gasteiger charge is -2.24. The lowest BCUT2D eigenvalue weighted by molar-refractivity contribution is 0.396. The number of nitrogens with zero attached hydrogens (tertiary/aromatic N) is 2. The number of fused-ring (bicyclic) bond motifs is 1. The molecular formula is C17H16N4O4S. The molecule has 1 atom stereocenters. The Kier molecular flexibility index (Phi) is 3.97. The van der Waals surface area contributed by atoms with Gasteiger partial charge >= 0.3 is 11.1 Å². The normalized spacial score (nSPS) is 18.4.